The minimum atomic E-state index is -0.652. The highest BCUT2D eigenvalue weighted by Crippen LogP contribution is 1.97. The Balaban J connectivity index is 0.00000154. The molecule has 0 bridgehead atoms. The topological polar surface area (TPSA) is 67.4 Å². The van der Waals surface area contributed by atoms with Crippen molar-refractivity contribution in [3.8, 4) is 0 Å². The first-order valence-corrected chi connectivity index (χ1v) is 6.28. The second-order valence-corrected chi connectivity index (χ2v) is 3.50. The molecule has 19 heavy (non-hydrogen) atoms. The highest BCUT2D eigenvalue weighted by molar-refractivity contribution is 5.83. The Bertz CT molecular complexity index is 355. The Labute approximate surface area is 114 Å². The van der Waals surface area contributed by atoms with Crippen LogP contribution in [-0.4, -0.2) is 32.1 Å². The lowest BCUT2D eigenvalue weighted by Crippen LogP contribution is -2.46. The number of hydrogen-bond acceptors (Lipinski definition) is 3. The Morgan fingerprint density at radius 3 is 2.47 bits per heavy atom. The van der Waals surface area contributed by atoms with Gasteiger partial charge in [0.1, 0.15) is 6.04 Å². The monoisotopic (exact) mass is 266 g/mol. The van der Waals surface area contributed by atoms with Gasteiger partial charge >= 0.3 is 0 Å². The molecular weight excluding hydrogens is 244 g/mol. The second kappa shape index (κ2) is 11.2. The molecule has 0 aromatic heterocycles. The number of nitrogens with one attached hydrogen (secondary N) is 2. The summed E-state index contributed by atoms with van der Waals surface area (Å²) in [4.78, 5) is 22.0. The summed E-state index contributed by atoms with van der Waals surface area (Å²) in [6, 6.07) is 8.89. The quantitative estimate of drug-likeness (QED) is 0.726. The maximum atomic E-state index is 11.7. The first kappa shape index (κ1) is 17.1. The number of methoxy groups -OCH3 is 1. The molecule has 1 unspecified atom stereocenters. The molecule has 0 saturated carbocycles. The number of rotatable bonds is 7. The van der Waals surface area contributed by atoms with E-state index in [1.807, 2.05) is 44.2 Å². The van der Waals surface area contributed by atoms with Crippen molar-refractivity contribution in [3.63, 3.8) is 0 Å². The molecule has 2 N–H and O–H groups in total. The van der Waals surface area contributed by atoms with Crippen molar-refractivity contribution in [1.82, 2.24) is 10.6 Å². The number of carbonyl (C=O) groups is 2. The van der Waals surface area contributed by atoms with Gasteiger partial charge in [-0.2, -0.15) is 0 Å². The van der Waals surface area contributed by atoms with Crippen LogP contribution in [0, 0.1) is 0 Å². The van der Waals surface area contributed by atoms with Crippen LogP contribution in [-0.2, 0) is 20.9 Å². The summed E-state index contributed by atoms with van der Waals surface area (Å²) in [6.07, 6.45) is 0.492. The third-order valence-electron chi connectivity index (χ3n) is 2.23. The Morgan fingerprint density at radius 1 is 1.32 bits per heavy atom. The summed E-state index contributed by atoms with van der Waals surface area (Å²) in [5.41, 5.74) is 1.00. The largest absolute Gasteiger partial charge is 0.382 e. The molecule has 0 heterocycles. The van der Waals surface area contributed by atoms with E-state index in [0.717, 1.165) is 5.56 Å². The minimum Gasteiger partial charge on any atom is -0.382 e. The van der Waals surface area contributed by atoms with Crippen LogP contribution in [0.15, 0.2) is 30.3 Å². The van der Waals surface area contributed by atoms with E-state index in [-0.39, 0.29) is 12.5 Å². The summed E-state index contributed by atoms with van der Waals surface area (Å²) in [6.45, 7) is 4.58. The molecule has 0 radical (unpaired) electrons. The summed E-state index contributed by atoms with van der Waals surface area (Å²) in [5, 5.41) is 5.13. The van der Waals surface area contributed by atoms with Crippen molar-refractivity contribution >= 4 is 12.3 Å². The molecular formula is C14H22N2O3. The maximum absolute atomic E-state index is 11.7. The molecule has 1 atom stereocenters. The van der Waals surface area contributed by atoms with Gasteiger partial charge in [-0.05, 0) is 5.56 Å². The van der Waals surface area contributed by atoms with Gasteiger partial charge in [0.25, 0.3) is 0 Å². The van der Waals surface area contributed by atoms with Crippen LogP contribution in [0.4, 0.5) is 0 Å². The van der Waals surface area contributed by atoms with Gasteiger partial charge in [-0.25, -0.2) is 0 Å². The highest BCUT2D eigenvalue weighted by Gasteiger charge is 2.16. The van der Waals surface area contributed by atoms with E-state index in [0.29, 0.717) is 13.0 Å². The predicted molar refractivity (Wildman–Crippen MR) is 74.5 cm³/mol. The van der Waals surface area contributed by atoms with Gasteiger partial charge in [-0.15, -0.1) is 0 Å². The molecule has 106 valence electrons. The zero-order valence-electron chi connectivity index (χ0n) is 11.7. The smallest absolute Gasteiger partial charge is 0.245 e. The number of amides is 2. The molecule has 1 aromatic carbocycles. The fourth-order valence-corrected chi connectivity index (χ4v) is 1.36. The molecule has 5 nitrogen and oxygen atoms in total. The van der Waals surface area contributed by atoms with Crippen LogP contribution < -0.4 is 10.6 Å². The van der Waals surface area contributed by atoms with Crippen LogP contribution >= 0.6 is 0 Å². The molecule has 0 fully saturated rings. The van der Waals surface area contributed by atoms with E-state index in [9.17, 15) is 9.59 Å². The average molecular weight is 266 g/mol. The van der Waals surface area contributed by atoms with E-state index < -0.39 is 6.04 Å². The third-order valence-corrected chi connectivity index (χ3v) is 2.23. The van der Waals surface area contributed by atoms with E-state index in [2.05, 4.69) is 10.6 Å². The lowest BCUT2D eigenvalue weighted by atomic mass is 10.2. The molecule has 1 rings (SSSR count). The predicted octanol–water partition coefficient (Wildman–Crippen LogP) is 1.09. The van der Waals surface area contributed by atoms with Crippen molar-refractivity contribution in [2.45, 2.75) is 26.4 Å². The number of carbonyl (C=O) groups excluding carboxylic acids is 2. The van der Waals surface area contributed by atoms with Gasteiger partial charge < -0.3 is 15.4 Å². The number of hydrogen-bond donors (Lipinski definition) is 2. The summed E-state index contributed by atoms with van der Waals surface area (Å²) in [7, 11) is 1.48. The Hall–Kier alpha value is -1.88. The van der Waals surface area contributed by atoms with E-state index >= 15 is 0 Å². The van der Waals surface area contributed by atoms with Gasteiger partial charge in [0, 0.05) is 13.7 Å². The molecule has 0 saturated heterocycles. The molecule has 2 amide bonds. The molecule has 5 heteroatoms. The first-order chi connectivity index (χ1) is 9.27. The Kier molecular flexibility index (Phi) is 10.1. The standard InChI is InChI=1S/C12H16N2O3.C2H6/c1-17-8-11(14-9-15)12(16)13-7-10-5-3-2-4-6-10;1-2/h2-6,9,11H,7-8H2,1H3,(H,13,16)(H,14,15);1-2H3. The van der Waals surface area contributed by atoms with E-state index in [1.165, 1.54) is 7.11 Å². The van der Waals surface area contributed by atoms with E-state index in [1.54, 1.807) is 0 Å². The summed E-state index contributed by atoms with van der Waals surface area (Å²) < 4.78 is 4.85. The van der Waals surface area contributed by atoms with Crippen molar-refractivity contribution in [2.24, 2.45) is 0 Å². The van der Waals surface area contributed by atoms with Crippen LogP contribution in [0.3, 0.4) is 0 Å². The zero-order valence-corrected chi connectivity index (χ0v) is 11.7. The molecule has 0 aliphatic rings. The fourth-order valence-electron chi connectivity index (χ4n) is 1.36. The molecule has 0 aliphatic carbocycles. The fraction of sp³-hybridized carbons (Fsp3) is 0.429. The first-order valence-electron chi connectivity index (χ1n) is 6.28. The lowest BCUT2D eigenvalue weighted by molar-refractivity contribution is -0.126. The second-order valence-electron chi connectivity index (χ2n) is 3.50. The molecule has 1 aromatic rings. The molecule has 0 spiro atoms. The van der Waals surface area contributed by atoms with Crippen molar-refractivity contribution in [2.75, 3.05) is 13.7 Å². The molecule has 0 aliphatic heterocycles. The maximum Gasteiger partial charge on any atom is 0.245 e. The van der Waals surface area contributed by atoms with Crippen LogP contribution in [0.5, 0.6) is 0 Å². The van der Waals surface area contributed by atoms with Crippen LogP contribution in [0.2, 0.25) is 0 Å². The van der Waals surface area contributed by atoms with E-state index in [4.69, 9.17) is 4.74 Å². The van der Waals surface area contributed by atoms with Gasteiger partial charge in [-0.3, -0.25) is 9.59 Å². The van der Waals surface area contributed by atoms with Crippen LogP contribution in [0.1, 0.15) is 19.4 Å². The van der Waals surface area contributed by atoms with Crippen LogP contribution in [0.25, 0.3) is 0 Å². The van der Waals surface area contributed by atoms with Crippen molar-refractivity contribution in [3.05, 3.63) is 35.9 Å². The summed E-state index contributed by atoms with van der Waals surface area (Å²) >= 11 is 0. The van der Waals surface area contributed by atoms with Gasteiger partial charge in [0.2, 0.25) is 12.3 Å². The normalized spacial score (nSPS) is 10.7. The third kappa shape index (κ3) is 7.21. The number of ether oxygens (including phenoxy) is 1. The highest BCUT2D eigenvalue weighted by atomic mass is 16.5. The van der Waals surface area contributed by atoms with Crippen molar-refractivity contribution < 1.29 is 14.3 Å². The van der Waals surface area contributed by atoms with Gasteiger partial charge in [0.05, 0.1) is 6.61 Å². The average Bonchev–Trinajstić information content (AvgIpc) is 2.48. The minimum absolute atomic E-state index is 0.152. The van der Waals surface area contributed by atoms with Gasteiger partial charge in [-0.1, -0.05) is 44.2 Å². The number of benzene rings is 1. The lowest BCUT2D eigenvalue weighted by Gasteiger charge is -2.14. The van der Waals surface area contributed by atoms with Crippen molar-refractivity contribution in [1.29, 1.82) is 0 Å². The summed E-state index contributed by atoms with van der Waals surface area (Å²) in [5.74, 6) is -0.261. The Morgan fingerprint density at radius 2 is 1.95 bits per heavy atom. The van der Waals surface area contributed by atoms with Gasteiger partial charge in [0.15, 0.2) is 0 Å². The SMILES string of the molecule is CC.COCC(NC=O)C(=O)NCc1ccccc1. The zero-order chi connectivity index (χ0) is 14.5.